The number of nitrogens with zero attached hydrogens (tertiary/aromatic N) is 1. The number of hydrogen-bond acceptors (Lipinski definition) is 3. The van der Waals surface area contributed by atoms with Gasteiger partial charge in [-0.15, -0.1) is 11.8 Å². The summed E-state index contributed by atoms with van der Waals surface area (Å²) in [5, 5.41) is 1.04. The highest BCUT2D eigenvalue weighted by Gasteiger charge is 2.03. The molecule has 2 N–H and O–H groups in total. The van der Waals surface area contributed by atoms with Crippen LogP contribution in [-0.2, 0) is 5.75 Å². The zero-order valence-corrected chi connectivity index (χ0v) is 11.6. The zero-order chi connectivity index (χ0) is 13.0. The number of thioether (sulfide) groups is 1. The van der Waals surface area contributed by atoms with Crippen LogP contribution in [0.3, 0.4) is 0 Å². The molecule has 0 aliphatic carbocycles. The number of aromatic nitrogens is 1. The van der Waals surface area contributed by atoms with Crippen LogP contribution in [0.4, 0.5) is 0 Å². The average molecular weight is 258 g/mol. The van der Waals surface area contributed by atoms with E-state index in [4.69, 9.17) is 5.73 Å². The van der Waals surface area contributed by atoms with E-state index in [9.17, 15) is 0 Å². The van der Waals surface area contributed by atoms with Crippen molar-refractivity contribution in [1.29, 1.82) is 0 Å². The van der Waals surface area contributed by atoms with E-state index in [2.05, 4.69) is 42.2 Å². The molecule has 0 bridgehead atoms. The summed E-state index contributed by atoms with van der Waals surface area (Å²) in [5.41, 5.74) is 9.70. The molecule has 0 saturated heterocycles. The number of hydrogen-bond donors (Lipinski definition) is 1. The van der Waals surface area contributed by atoms with E-state index < -0.39 is 0 Å². The maximum absolute atomic E-state index is 5.88. The molecule has 0 fully saturated rings. The van der Waals surface area contributed by atoms with Crippen molar-refractivity contribution in [3.8, 4) is 0 Å². The van der Waals surface area contributed by atoms with Crippen LogP contribution < -0.4 is 5.73 Å². The van der Waals surface area contributed by atoms with Gasteiger partial charge in [0, 0.05) is 18.0 Å². The van der Waals surface area contributed by atoms with Crippen LogP contribution in [-0.4, -0.2) is 4.98 Å². The molecule has 0 spiro atoms. The fourth-order valence-corrected chi connectivity index (χ4v) is 2.69. The molecule has 1 aromatic heterocycles. The molecule has 0 aliphatic heterocycles. The molecule has 18 heavy (non-hydrogen) atoms. The Labute approximate surface area is 113 Å². The summed E-state index contributed by atoms with van der Waals surface area (Å²) in [6.45, 7) is 4.13. The molecule has 0 aliphatic rings. The van der Waals surface area contributed by atoms with Gasteiger partial charge in [-0.05, 0) is 42.7 Å². The maximum Gasteiger partial charge on any atom is 0.0966 e. The predicted octanol–water partition coefficient (Wildman–Crippen LogP) is 3.70. The van der Waals surface area contributed by atoms with Gasteiger partial charge in [0.15, 0.2) is 0 Å². The Morgan fingerprint density at radius 2 is 2.06 bits per heavy atom. The van der Waals surface area contributed by atoms with Crippen LogP contribution >= 0.6 is 11.8 Å². The van der Waals surface area contributed by atoms with E-state index >= 15 is 0 Å². The van der Waals surface area contributed by atoms with E-state index in [1.807, 2.05) is 19.2 Å². The summed E-state index contributed by atoms with van der Waals surface area (Å²) in [5.74, 6) is 0.947. The van der Waals surface area contributed by atoms with Crippen molar-refractivity contribution >= 4 is 11.8 Å². The van der Waals surface area contributed by atoms with Crippen molar-refractivity contribution in [3.05, 3.63) is 59.3 Å². The Bertz CT molecular complexity index is 523. The lowest BCUT2D eigenvalue weighted by Crippen LogP contribution is -2.05. The highest BCUT2D eigenvalue weighted by atomic mass is 32.2. The van der Waals surface area contributed by atoms with Crippen molar-refractivity contribution in [2.24, 2.45) is 5.73 Å². The van der Waals surface area contributed by atoms with Gasteiger partial charge in [0.25, 0.3) is 0 Å². The first kappa shape index (κ1) is 13.1. The molecule has 2 nitrogen and oxygen atoms in total. The molecule has 2 rings (SSSR count). The Balaban J connectivity index is 2.07. The molecule has 1 heterocycles. The van der Waals surface area contributed by atoms with Gasteiger partial charge in [0.2, 0.25) is 0 Å². The smallest absolute Gasteiger partial charge is 0.0966 e. The molecule has 94 valence electrons. The molecule has 0 unspecified atom stereocenters. The summed E-state index contributed by atoms with van der Waals surface area (Å²) in [6, 6.07) is 12.6. The minimum Gasteiger partial charge on any atom is -0.324 e. The minimum absolute atomic E-state index is 0.0609. The van der Waals surface area contributed by atoms with Crippen molar-refractivity contribution in [1.82, 2.24) is 4.98 Å². The number of aryl methyl sites for hydroxylation is 1. The zero-order valence-electron chi connectivity index (χ0n) is 10.8. The first-order valence-electron chi connectivity index (χ1n) is 6.05. The summed E-state index contributed by atoms with van der Waals surface area (Å²) < 4.78 is 0. The Kier molecular flexibility index (Phi) is 4.39. The third-order valence-electron chi connectivity index (χ3n) is 2.92. The summed E-state index contributed by atoms with van der Waals surface area (Å²) >= 11 is 1.75. The van der Waals surface area contributed by atoms with Gasteiger partial charge < -0.3 is 5.73 Å². The van der Waals surface area contributed by atoms with Gasteiger partial charge in [-0.2, -0.15) is 0 Å². The summed E-state index contributed by atoms with van der Waals surface area (Å²) in [4.78, 5) is 4.37. The number of nitrogens with two attached hydrogens (primary N) is 1. The third-order valence-corrected chi connectivity index (χ3v) is 3.90. The maximum atomic E-state index is 5.88. The molecule has 0 amide bonds. The second-order valence-electron chi connectivity index (χ2n) is 4.43. The van der Waals surface area contributed by atoms with Crippen molar-refractivity contribution in [3.63, 3.8) is 0 Å². The van der Waals surface area contributed by atoms with Crippen LogP contribution in [0.1, 0.15) is 29.7 Å². The summed E-state index contributed by atoms with van der Waals surface area (Å²) in [6.07, 6.45) is 1.83. The number of pyridine rings is 1. The molecule has 3 heteroatoms. The van der Waals surface area contributed by atoms with Crippen molar-refractivity contribution in [2.75, 3.05) is 0 Å². The fourth-order valence-electron chi connectivity index (χ4n) is 1.71. The predicted molar refractivity (Wildman–Crippen MR) is 77.6 cm³/mol. The van der Waals surface area contributed by atoms with Gasteiger partial charge in [0.1, 0.15) is 0 Å². The molecule has 1 aromatic carbocycles. The SMILES string of the molecule is Cc1ccccc1CSc1cc([C@H](C)N)ccn1. The van der Waals surface area contributed by atoms with Crippen LogP contribution in [0.25, 0.3) is 0 Å². The topological polar surface area (TPSA) is 38.9 Å². The summed E-state index contributed by atoms with van der Waals surface area (Å²) in [7, 11) is 0. The van der Waals surface area contributed by atoms with Crippen LogP contribution in [0.2, 0.25) is 0 Å². The van der Waals surface area contributed by atoms with Gasteiger partial charge in [-0.25, -0.2) is 4.98 Å². The van der Waals surface area contributed by atoms with Crippen LogP contribution in [0, 0.1) is 6.92 Å². The highest BCUT2D eigenvalue weighted by molar-refractivity contribution is 7.98. The highest BCUT2D eigenvalue weighted by Crippen LogP contribution is 2.24. The number of rotatable bonds is 4. The van der Waals surface area contributed by atoms with E-state index in [1.54, 1.807) is 11.8 Å². The van der Waals surface area contributed by atoms with Gasteiger partial charge in [-0.1, -0.05) is 24.3 Å². The Morgan fingerprint density at radius 3 is 2.78 bits per heavy atom. The third kappa shape index (κ3) is 3.34. The first-order valence-corrected chi connectivity index (χ1v) is 7.04. The standard InChI is InChI=1S/C15H18N2S/c1-11-5-3-4-6-14(11)10-18-15-9-13(12(2)16)7-8-17-15/h3-9,12H,10,16H2,1-2H3/t12-/m0/s1. The first-order chi connectivity index (χ1) is 8.66. The van der Waals surface area contributed by atoms with Gasteiger partial charge >= 0.3 is 0 Å². The monoisotopic (exact) mass is 258 g/mol. The lowest BCUT2D eigenvalue weighted by atomic mass is 10.1. The van der Waals surface area contributed by atoms with E-state index in [-0.39, 0.29) is 6.04 Å². The second kappa shape index (κ2) is 6.03. The number of benzene rings is 1. The van der Waals surface area contributed by atoms with Crippen LogP contribution in [0.5, 0.6) is 0 Å². The van der Waals surface area contributed by atoms with E-state index in [0.717, 1.165) is 16.3 Å². The Hall–Kier alpha value is -1.32. The van der Waals surface area contributed by atoms with E-state index in [1.165, 1.54) is 11.1 Å². The Morgan fingerprint density at radius 1 is 1.28 bits per heavy atom. The largest absolute Gasteiger partial charge is 0.324 e. The van der Waals surface area contributed by atoms with E-state index in [0.29, 0.717) is 0 Å². The van der Waals surface area contributed by atoms with Gasteiger partial charge in [-0.3, -0.25) is 0 Å². The quantitative estimate of drug-likeness (QED) is 0.850. The van der Waals surface area contributed by atoms with Crippen LogP contribution in [0.15, 0.2) is 47.6 Å². The normalized spacial score (nSPS) is 12.4. The van der Waals surface area contributed by atoms with Crippen molar-refractivity contribution < 1.29 is 0 Å². The fraction of sp³-hybridized carbons (Fsp3) is 0.267. The van der Waals surface area contributed by atoms with Crippen molar-refractivity contribution in [2.45, 2.75) is 30.7 Å². The lowest BCUT2D eigenvalue weighted by Gasteiger charge is -2.08. The lowest BCUT2D eigenvalue weighted by molar-refractivity contribution is 0.808. The molecule has 0 saturated carbocycles. The second-order valence-corrected chi connectivity index (χ2v) is 5.43. The molecule has 1 atom stereocenters. The van der Waals surface area contributed by atoms with Gasteiger partial charge in [0.05, 0.1) is 5.03 Å². The molecular formula is C15H18N2S. The molecular weight excluding hydrogens is 240 g/mol. The molecule has 2 aromatic rings. The molecule has 0 radical (unpaired) electrons. The average Bonchev–Trinajstić information content (AvgIpc) is 2.38. The minimum atomic E-state index is 0.0609.